The van der Waals surface area contributed by atoms with Crippen molar-refractivity contribution in [3.05, 3.63) is 35.9 Å². The van der Waals surface area contributed by atoms with E-state index in [0.717, 1.165) is 31.2 Å². The van der Waals surface area contributed by atoms with E-state index in [4.69, 9.17) is 6.42 Å². The molecule has 2 heteroatoms. The van der Waals surface area contributed by atoms with E-state index in [2.05, 4.69) is 5.92 Å². The summed E-state index contributed by atoms with van der Waals surface area (Å²) >= 11 is 0. The van der Waals surface area contributed by atoms with Gasteiger partial charge in [0.15, 0.2) is 0 Å². The van der Waals surface area contributed by atoms with E-state index < -0.39 is 11.5 Å². The molecule has 1 aliphatic rings. The maximum atomic E-state index is 11.3. The van der Waals surface area contributed by atoms with Gasteiger partial charge in [-0.05, 0) is 24.3 Å². The minimum absolute atomic E-state index is 0.136. The predicted octanol–water partition coefficient (Wildman–Crippen LogP) is 2.70. The Bertz CT molecular complexity index is 428. The second-order valence-corrected chi connectivity index (χ2v) is 5.43. The highest BCUT2D eigenvalue weighted by Gasteiger charge is 2.44. The Labute approximate surface area is 115 Å². The lowest BCUT2D eigenvalue weighted by Gasteiger charge is -2.42. The van der Waals surface area contributed by atoms with Gasteiger partial charge >= 0.3 is 0 Å². The largest absolute Gasteiger partial charge is 0.395 e. The standard InChI is InChI=1S/C17H22O2/c1-2-14(13-18)17(19,15-9-5-3-6-10-15)16-11-7-4-8-12-16/h1,3,5-6,9-10,14,16,18-19H,4,7-8,11-13H2/t14-,17+/m1/s1. The van der Waals surface area contributed by atoms with Gasteiger partial charge in [0, 0.05) is 0 Å². The molecule has 0 aromatic heterocycles. The Morgan fingerprint density at radius 3 is 2.37 bits per heavy atom. The molecule has 0 saturated heterocycles. The number of rotatable bonds is 4. The van der Waals surface area contributed by atoms with Crippen molar-refractivity contribution in [2.24, 2.45) is 11.8 Å². The molecule has 2 rings (SSSR count). The van der Waals surface area contributed by atoms with Crippen molar-refractivity contribution in [1.82, 2.24) is 0 Å². The smallest absolute Gasteiger partial charge is 0.108 e. The molecule has 102 valence electrons. The van der Waals surface area contributed by atoms with Crippen molar-refractivity contribution in [1.29, 1.82) is 0 Å². The molecule has 1 aromatic rings. The summed E-state index contributed by atoms with van der Waals surface area (Å²) in [7, 11) is 0. The zero-order valence-electron chi connectivity index (χ0n) is 11.3. The summed E-state index contributed by atoms with van der Waals surface area (Å²) in [6, 6.07) is 9.57. The molecule has 1 aromatic carbocycles. The van der Waals surface area contributed by atoms with E-state index >= 15 is 0 Å². The van der Waals surface area contributed by atoms with E-state index in [-0.39, 0.29) is 12.5 Å². The van der Waals surface area contributed by atoms with E-state index in [0.29, 0.717) is 0 Å². The highest BCUT2D eigenvalue weighted by Crippen LogP contribution is 2.43. The van der Waals surface area contributed by atoms with Crippen LogP contribution < -0.4 is 0 Å². The molecule has 0 heterocycles. The summed E-state index contributed by atoms with van der Waals surface area (Å²) in [5.41, 5.74) is -0.274. The zero-order valence-corrected chi connectivity index (χ0v) is 11.3. The first kappa shape index (κ1) is 14.1. The Kier molecular flexibility index (Phi) is 4.63. The molecule has 0 bridgehead atoms. The second-order valence-electron chi connectivity index (χ2n) is 5.43. The monoisotopic (exact) mass is 258 g/mol. The molecule has 19 heavy (non-hydrogen) atoms. The maximum absolute atomic E-state index is 11.3. The molecule has 2 nitrogen and oxygen atoms in total. The van der Waals surface area contributed by atoms with Crippen LogP contribution in [0, 0.1) is 24.2 Å². The van der Waals surface area contributed by atoms with Gasteiger partial charge in [0.25, 0.3) is 0 Å². The summed E-state index contributed by atoms with van der Waals surface area (Å²) in [5, 5.41) is 20.8. The maximum Gasteiger partial charge on any atom is 0.108 e. The molecule has 1 aliphatic carbocycles. The van der Waals surface area contributed by atoms with Crippen molar-refractivity contribution >= 4 is 0 Å². The summed E-state index contributed by atoms with van der Waals surface area (Å²) in [6.45, 7) is -0.182. The van der Waals surface area contributed by atoms with Crippen molar-refractivity contribution in [2.75, 3.05) is 6.61 Å². The molecule has 0 spiro atoms. The molecule has 0 aliphatic heterocycles. The minimum atomic E-state index is -1.11. The molecular formula is C17H22O2. The number of benzene rings is 1. The van der Waals surface area contributed by atoms with Crippen LogP contribution in [0.3, 0.4) is 0 Å². The lowest BCUT2D eigenvalue weighted by atomic mass is 9.67. The quantitative estimate of drug-likeness (QED) is 0.815. The third-order valence-corrected chi connectivity index (χ3v) is 4.38. The molecule has 1 saturated carbocycles. The van der Waals surface area contributed by atoms with Crippen LogP contribution in [0.1, 0.15) is 37.7 Å². The van der Waals surface area contributed by atoms with Crippen LogP contribution in [0.15, 0.2) is 30.3 Å². The van der Waals surface area contributed by atoms with Crippen molar-refractivity contribution < 1.29 is 10.2 Å². The molecule has 0 unspecified atom stereocenters. The first-order valence-corrected chi connectivity index (χ1v) is 7.08. The van der Waals surface area contributed by atoms with Gasteiger partial charge in [0.1, 0.15) is 5.60 Å². The van der Waals surface area contributed by atoms with E-state index in [1.54, 1.807) is 0 Å². The fraction of sp³-hybridized carbons (Fsp3) is 0.529. The van der Waals surface area contributed by atoms with E-state index in [1.807, 2.05) is 30.3 Å². The number of hydrogen-bond acceptors (Lipinski definition) is 2. The fourth-order valence-corrected chi connectivity index (χ4v) is 3.29. The number of terminal acetylenes is 1. The minimum Gasteiger partial charge on any atom is -0.395 e. The number of aliphatic hydroxyl groups is 2. The Hall–Kier alpha value is -1.30. The van der Waals surface area contributed by atoms with Crippen LogP contribution in [0.25, 0.3) is 0 Å². The van der Waals surface area contributed by atoms with Gasteiger partial charge in [-0.2, -0.15) is 0 Å². The lowest BCUT2D eigenvalue weighted by Crippen LogP contribution is -2.44. The molecule has 0 amide bonds. The second kappa shape index (κ2) is 6.23. The molecule has 1 fully saturated rings. The lowest BCUT2D eigenvalue weighted by molar-refractivity contribution is -0.0832. The van der Waals surface area contributed by atoms with Gasteiger partial charge in [-0.25, -0.2) is 0 Å². The fourth-order valence-electron chi connectivity index (χ4n) is 3.29. The van der Waals surface area contributed by atoms with Gasteiger partial charge in [0.2, 0.25) is 0 Å². The Morgan fingerprint density at radius 2 is 1.84 bits per heavy atom. The van der Waals surface area contributed by atoms with Gasteiger partial charge < -0.3 is 10.2 Å². The average Bonchev–Trinajstić information content (AvgIpc) is 2.50. The van der Waals surface area contributed by atoms with Crippen molar-refractivity contribution in [3.63, 3.8) is 0 Å². The van der Waals surface area contributed by atoms with Crippen LogP contribution in [-0.4, -0.2) is 16.8 Å². The third-order valence-electron chi connectivity index (χ3n) is 4.38. The topological polar surface area (TPSA) is 40.5 Å². The third kappa shape index (κ3) is 2.68. The molecule has 2 N–H and O–H groups in total. The number of hydrogen-bond donors (Lipinski definition) is 2. The van der Waals surface area contributed by atoms with Gasteiger partial charge in [-0.3, -0.25) is 0 Å². The first-order chi connectivity index (χ1) is 9.23. The van der Waals surface area contributed by atoms with E-state index in [1.165, 1.54) is 6.42 Å². The summed E-state index contributed by atoms with van der Waals surface area (Å²) < 4.78 is 0. The highest BCUT2D eigenvalue weighted by molar-refractivity contribution is 5.27. The average molecular weight is 258 g/mol. The van der Waals surface area contributed by atoms with Crippen molar-refractivity contribution in [3.8, 4) is 12.3 Å². The van der Waals surface area contributed by atoms with Crippen molar-refractivity contribution in [2.45, 2.75) is 37.7 Å². The SMILES string of the molecule is C#C[C@H](CO)[C@](O)(c1ccccc1)C1CCCCC1. The molecule has 2 atom stereocenters. The Morgan fingerprint density at radius 1 is 1.21 bits per heavy atom. The normalized spacial score (nSPS) is 21.3. The van der Waals surface area contributed by atoms with Crippen LogP contribution in [0.4, 0.5) is 0 Å². The van der Waals surface area contributed by atoms with Crippen LogP contribution >= 0.6 is 0 Å². The highest BCUT2D eigenvalue weighted by atomic mass is 16.3. The molecule has 0 radical (unpaired) electrons. The first-order valence-electron chi connectivity index (χ1n) is 7.08. The predicted molar refractivity (Wildman–Crippen MR) is 76.3 cm³/mol. The van der Waals surface area contributed by atoms with Crippen LogP contribution in [0.2, 0.25) is 0 Å². The van der Waals surface area contributed by atoms with Crippen LogP contribution in [0.5, 0.6) is 0 Å². The van der Waals surface area contributed by atoms with Crippen LogP contribution in [-0.2, 0) is 5.60 Å². The Balaban J connectivity index is 2.40. The zero-order chi connectivity index (χ0) is 13.7. The summed E-state index contributed by atoms with van der Waals surface area (Å²) in [5.74, 6) is 2.18. The summed E-state index contributed by atoms with van der Waals surface area (Å²) in [4.78, 5) is 0. The van der Waals surface area contributed by atoms with Gasteiger partial charge in [-0.1, -0.05) is 55.5 Å². The number of aliphatic hydroxyl groups excluding tert-OH is 1. The van der Waals surface area contributed by atoms with Gasteiger partial charge in [-0.15, -0.1) is 6.42 Å². The van der Waals surface area contributed by atoms with Gasteiger partial charge in [0.05, 0.1) is 12.5 Å². The molecular weight excluding hydrogens is 236 g/mol. The van der Waals surface area contributed by atoms with E-state index in [9.17, 15) is 10.2 Å². The summed E-state index contributed by atoms with van der Waals surface area (Å²) in [6.07, 6.45) is 11.0.